The van der Waals surface area contributed by atoms with Crippen molar-refractivity contribution in [1.29, 1.82) is 0 Å². The summed E-state index contributed by atoms with van der Waals surface area (Å²) in [6.45, 7) is -0.155. The minimum absolute atomic E-state index is 0.0131. The monoisotopic (exact) mass is 564 g/mol. The van der Waals surface area contributed by atoms with Gasteiger partial charge in [0.05, 0.1) is 26.1 Å². The minimum Gasteiger partial charge on any atom is -0.467 e. The zero-order valence-corrected chi connectivity index (χ0v) is 22.8. The Bertz CT molecular complexity index is 1310. The van der Waals surface area contributed by atoms with Gasteiger partial charge in [0, 0.05) is 36.8 Å². The van der Waals surface area contributed by atoms with Gasteiger partial charge in [0.15, 0.2) is 0 Å². The zero-order valence-electron chi connectivity index (χ0n) is 22.8. The van der Waals surface area contributed by atoms with Gasteiger partial charge < -0.3 is 29.4 Å². The topological polar surface area (TPSA) is 157 Å². The second-order valence-electron chi connectivity index (χ2n) is 8.92. The molecule has 3 rings (SSSR count). The van der Waals surface area contributed by atoms with E-state index in [1.54, 1.807) is 0 Å². The molecule has 1 heterocycles. The Morgan fingerprint density at radius 1 is 0.951 bits per heavy atom. The molecule has 0 aliphatic carbocycles. The summed E-state index contributed by atoms with van der Waals surface area (Å²) in [7, 11) is 2.43. The number of methoxy groups -OCH3 is 2. The van der Waals surface area contributed by atoms with Crippen LogP contribution in [0.4, 0.5) is 0 Å². The number of ether oxygens (including phenoxy) is 3. The van der Waals surface area contributed by atoms with Crippen molar-refractivity contribution in [2.45, 2.75) is 31.9 Å². The summed E-state index contributed by atoms with van der Waals surface area (Å²) in [6.07, 6.45) is 3.35. The maximum absolute atomic E-state index is 13.6. The van der Waals surface area contributed by atoms with Crippen molar-refractivity contribution in [2.24, 2.45) is 0 Å². The molecule has 2 aromatic carbocycles. The standard InChI is InChI=1S/C29H32N4O8/c1-39-28(37)22-12-10-21(11-13-22)27(36)33(24(29(38)40-2)15-23-16-30-19-32-23)17-25(34)31-14-6-9-26(35)41-18-20-7-4-3-5-8-20/h3-5,7-8,10-13,16,19,24H,6,9,14-15,17-18H2,1-2H3,(H,30,32)(H,31,34). The first-order chi connectivity index (χ1) is 19.8. The van der Waals surface area contributed by atoms with Crippen molar-refractivity contribution >= 4 is 29.7 Å². The van der Waals surface area contributed by atoms with E-state index in [0.717, 1.165) is 10.5 Å². The second kappa shape index (κ2) is 15.6. The van der Waals surface area contributed by atoms with Crippen molar-refractivity contribution < 1.29 is 38.2 Å². The van der Waals surface area contributed by atoms with Gasteiger partial charge >= 0.3 is 17.9 Å². The summed E-state index contributed by atoms with van der Waals surface area (Å²) >= 11 is 0. The second-order valence-corrected chi connectivity index (χ2v) is 8.92. The van der Waals surface area contributed by atoms with Gasteiger partial charge in [-0.25, -0.2) is 14.6 Å². The van der Waals surface area contributed by atoms with Crippen molar-refractivity contribution in [3.63, 3.8) is 0 Å². The molecule has 0 bridgehead atoms. The first kappa shape index (κ1) is 30.5. The Kier molecular flexibility index (Phi) is 11.6. The average molecular weight is 565 g/mol. The number of esters is 3. The summed E-state index contributed by atoms with van der Waals surface area (Å²) in [5.41, 5.74) is 1.80. The third-order valence-electron chi connectivity index (χ3n) is 6.07. The third kappa shape index (κ3) is 9.31. The number of imidazole rings is 1. The van der Waals surface area contributed by atoms with Gasteiger partial charge in [0.2, 0.25) is 5.91 Å². The molecule has 1 atom stereocenters. The number of hydrogen-bond acceptors (Lipinski definition) is 9. The fraction of sp³-hybridized carbons (Fsp3) is 0.310. The molecule has 1 unspecified atom stereocenters. The van der Waals surface area contributed by atoms with Gasteiger partial charge in [-0.15, -0.1) is 0 Å². The molecule has 2 N–H and O–H groups in total. The number of benzene rings is 2. The summed E-state index contributed by atoms with van der Waals surface area (Å²) in [6, 6.07) is 13.8. The number of amides is 2. The van der Waals surface area contributed by atoms with E-state index in [1.807, 2.05) is 30.3 Å². The third-order valence-corrected chi connectivity index (χ3v) is 6.07. The number of nitrogens with zero attached hydrogens (tertiary/aromatic N) is 2. The summed E-state index contributed by atoms with van der Waals surface area (Å²) in [5, 5.41) is 2.68. The molecule has 216 valence electrons. The van der Waals surface area contributed by atoms with E-state index in [4.69, 9.17) is 9.47 Å². The number of carbonyl (C=O) groups is 5. The number of carbonyl (C=O) groups excluding carboxylic acids is 5. The maximum Gasteiger partial charge on any atom is 0.337 e. The normalized spacial score (nSPS) is 11.2. The van der Waals surface area contributed by atoms with Gasteiger partial charge in [0.1, 0.15) is 19.2 Å². The van der Waals surface area contributed by atoms with Crippen molar-refractivity contribution in [1.82, 2.24) is 20.2 Å². The van der Waals surface area contributed by atoms with Crippen molar-refractivity contribution in [2.75, 3.05) is 27.3 Å². The van der Waals surface area contributed by atoms with Gasteiger partial charge in [-0.2, -0.15) is 0 Å². The molecule has 0 aliphatic heterocycles. The molecule has 12 nitrogen and oxygen atoms in total. The average Bonchev–Trinajstić information content (AvgIpc) is 3.53. The van der Waals surface area contributed by atoms with Crippen LogP contribution in [0.1, 0.15) is 44.8 Å². The molecule has 0 spiro atoms. The van der Waals surface area contributed by atoms with E-state index in [1.165, 1.54) is 51.0 Å². The van der Waals surface area contributed by atoms with E-state index >= 15 is 0 Å². The Morgan fingerprint density at radius 3 is 2.29 bits per heavy atom. The first-order valence-corrected chi connectivity index (χ1v) is 12.8. The first-order valence-electron chi connectivity index (χ1n) is 12.8. The molecule has 0 aliphatic rings. The number of rotatable bonds is 14. The quantitative estimate of drug-likeness (QED) is 0.170. The Morgan fingerprint density at radius 2 is 1.66 bits per heavy atom. The Hall–Kier alpha value is -5.00. The van der Waals surface area contributed by atoms with Crippen molar-refractivity contribution in [3.8, 4) is 0 Å². The highest BCUT2D eigenvalue weighted by Crippen LogP contribution is 2.15. The molecule has 3 aromatic rings. The fourth-order valence-electron chi connectivity index (χ4n) is 3.90. The lowest BCUT2D eigenvalue weighted by atomic mass is 10.1. The van der Waals surface area contributed by atoms with Crippen molar-refractivity contribution in [3.05, 3.63) is 89.5 Å². The Balaban J connectivity index is 1.65. The predicted octanol–water partition coefficient (Wildman–Crippen LogP) is 2.06. The zero-order chi connectivity index (χ0) is 29.6. The summed E-state index contributed by atoms with van der Waals surface area (Å²) in [4.78, 5) is 71.0. The highest BCUT2D eigenvalue weighted by atomic mass is 16.5. The van der Waals surface area contributed by atoms with Crippen LogP contribution in [0, 0.1) is 0 Å². The number of nitrogens with one attached hydrogen (secondary N) is 2. The fourth-order valence-corrected chi connectivity index (χ4v) is 3.90. The molecule has 12 heteroatoms. The molecule has 1 aromatic heterocycles. The summed E-state index contributed by atoms with van der Waals surface area (Å²) in [5.74, 6) is -2.87. The summed E-state index contributed by atoms with van der Waals surface area (Å²) < 4.78 is 14.9. The van der Waals surface area contributed by atoms with Gasteiger partial charge in [-0.1, -0.05) is 30.3 Å². The van der Waals surface area contributed by atoms with E-state index < -0.39 is 42.3 Å². The van der Waals surface area contributed by atoms with Crippen LogP contribution < -0.4 is 5.32 Å². The molecule has 0 fully saturated rings. The lowest BCUT2D eigenvalue weighted by molar-refractivity contribution is -0.147. The number of H-pyrrole nitrogens is 1. The Labute approximate surface area is 237 Å². The molecular weight excluding hydrogens is 532 g/mol. The molecule has 0 saturated carbocycles. The molecule has 2 amide bonds. The van der Waals surface area contributed by atoms with E-state index in [2.05, 4.69) is 20.0 Å². The highest BCUT2D eigenvalue weighted by Gasteiger charge is 2.33. The van der Waals surface area contributed by atoms with Crippen LogP contribution in [-0.4, -0.2) is 77.9 Å². The smallest absolute Gasteiger partial charge is 0.337 e. The lowest BCUT2D eigenvalue weighted by Crippen LogP contribution is -2.51. The largest absolute Gasteiger partial charge is 0.467 e. The minimum atomic E-state index is -1.16. The van der Waals surface area contributed by atoms with E-state index in [-0.39, 0.29) is 37.1 Å². The lowest BCUT2D eigenvalue weighted by Gasteiger charge is -2.29. The van der Waals surface area contributed by atoms with Crippen LogP contribution in [0.2, 0.25) is 0 Å². The molecule has 0 radical (unpaired) electrons. The van der Waals surface area contributed by atoms with E-state index in [9.17, 15) is 24.0 Å². The van der Waals surface area contributed by atoms with Crippen LogP contribution in [0.3, 0.4) is 0 Å². The van der Waals surface area contributed by atoms with Crippen LogP contribution in [0.5, 0.6) is 0 Å². The number of hydrogen-bond donors (Lipinski definition) is 2. The molecule has 41 heavy (non-hydrogen) atoms. The molecule has 0 saturated heterocycles. The molecular formula is C29H32N4O8. The number of aromatic amines is 1. The number of aromatic nitrogens is 2. The van der Waals surface area contributed by atoms with Crippen LogP contribution in [-0.2, 0) is 41.6 Å². The van der Waals surface area contributed by atoms with Gasteiger partial charge in [-0.05, 0) is 36.2 Å². The van der Waals surface area contributed by atoms with Crippen LogP contribution in [0.25, 0.3) is 0 Å². The van der Waals surface area contributed by atoms with Crippen LogP contribution >= 0.6 is 0 Å². The van der Waals surface area contributed by atoms with E-state index in [0.29, 0.717) is 12.1 Å². The predicted molar refractivity (Wildman–Crippen MR) is 145 cm³/mol. The maximum atomic E-state index is 13.6. The highest BCUT2D eigenvalue weighted by molar-refractivity contribution is 6.00. The van der Waals surface area contributed by atoms with Crippen LogP contribution in [0.15, 0.2) is 67.1 Å². The SMILES string of the molecule is COC(=O)c1ccc(C(=O)N(CC(=O)NCCCC(=O)OCc2ccccc2)C(Cc2cnc[nH]2)C(=O)OC)cc1. The van der Waals surface area contributed by atoms with Gasteiger partial charge in [-0.3, -0.25) is 14.4 Å². The van der Waals surface area contributed by atoms with Gasteiger partial charge in [0.25, 0.3) is 5.91 Å².